The highest BCUT2D eigenvalue weighted by Gasteiger charge is 2.42. The maximum absolute atomic E-state index is 13.6. The zero-order valence-electron chi connectivity index (χ0n) is 17.4. The molecule has 1 fully saturated rings. The summed E-state index contributed by atoms with van der Waals surface area (Å²) in [7, 11) is 0. The van der Waals surface area contributed by atoms with Crippen LogP contribution in [0.25, 0.3) is 0 Å². The molecule has 1 saturated heterocycles. The highest BCUT2D eigenvalue weighted by Crippen LogP contribution is 2.41. The SMILES string of the molecule is CC(=O)Nc1ccc(F)cc1OC[C@H](O)CN1CCC2(CC1)Cc1cc(F)ccc1O2. The van der Waals surface area contributed by atoms with Gasteiger partial charge in [-0.3, -0.25) is 4.79 Å². The molecule has 1 atom stereocenters. The van der Waals surface area contributed by atoms with Crippen LogP contribution in [0.5, 0.6) is 11.5 Å². The number of nitrogens with one attached hydrogen (secondary N) is 1. The first-order valence-corrected chi connectivity index (χ1v) is 10.4. The topological polar surface area (TPSA) is 71.0 Å². The molecule has 2 heterocycles. The van der Waals surface area contributed by atoms with Gasteiger partial charge in [-0.15, -0.1) is 0 Å². The molecule has 0 aliphatic carbocycles. The predicted molar refractivity (Wildman–Crippen MR) is 111 cm³/mol. The summed E-state index contributed by atoms with van der Waals surface area (Å²) in [5.41, 5.74) is 0.963. The van der Waals surface area contributed by atoms with Crippen molar-refractivity contribution in [2.24, 2.45) is 0 Å². The highest BCUT2D eigenvalue weighted by atomic mass is 19.1. The Balaban J connectivity index is 1.27. The van der Waals surface area contributed by atoms with E-state index in [1.54, 1.807) is 12.1 Å². The fourth-order valence-corrected chi connectivity index (χ4v) is 4.27. The third kappa shape index (κ3) is 5.14. The number of piperidine rings is 1. The molecule has 2 aliphatic heterocycles. The predicted octanol–water partition coefficient (Wildman–Crippen LogP) is 3.13. The molecule has 2 aromatic rings. The smallest absolute Gasteiger partial charge is 0.221 e. The number of carbonyl (C=O) groups excluding carboxylic acids is 1. The summed E-state index contributed by atoms with van der Waals surface area (Å²) in [5.74, 6) is -0.0971. The lowest BCUT2D eigenvalue weighted by molar-refractivity contribution is -0.114. The van der Waals surface area contributed by atoms with Gasteiger partial charge in [0.1, 0.15) is 41.4 Å². The van der Waals surface area contributed by atoms with Gasteiger partial charge >= 0.3 is 0 Å². The third-order valence-corrected chi connectivity index (χ3v) is 5.78. The molecule has 4 rings (SSSR count). The number of halogens is 2. The molecule has 0 radical (unpaired) electrons. The Bertz CT molecular complexity index is 961. The van der Waals surface area contributed by atoms with E-state index in [0.29, 0.717) is 18.7 Å². The zero-order valence-corrected chi connectivity index (χ0v) is 17.4. The van der Waals surface area contributed by atoms with Crippen LogP contribution in [-0.2, 0) is 11.2 Å². The molecule has 0 bridgehead atoms. The summed E-state index contributed by atoms with van der Waals surface area (Å²) in [6, 6.07) is 8.48. The maximum Gasteiger partial charge on any atom is 0.221 e. The van der Waals surface area contributed by atoms with Gasteiger partial charge in [0, 0.05) is 57.5 Å². The molecule has 0 unspecified atom stereocenters. The second kappa shape index (κ2) is 8.80. The summed E-state index contributed by atoms with van der Waals surface area (Å²) in [6.45, 7) is 3.21. The number of aliphatic hydroxyl groups excluding tert-OH is 1. The van der Waals surface area contributed by atoms with Crippen molar-refractivity contribution in [1.82, 2.24) is 4.90 Å². The summed E-state index contributed by atoms with van der Waals surface area (Å²) in [6.07, 6.45) is 1.49. The van der Waals surface area contributed by atoms with E-state index in [0.717, 1.165) is 37.2 Å². The fourth-order valence-electron chi connectivity index (χ4n) is 4.27. The monoisotopic (exact) mass is 432 g/mol. The number of rotatable bonds is 6. The van der Waals surface area contributed by atoms with Gasteiger partial charge in [-0.1, -0.05) is 0 Å². The Morgan fingerprint density at radius 3 is 2.68 bits per heavy atom. The Labute approximate surface area is 179 Å². The van der Waals surface area contributed by atoms with Crippen LogP contribution in [0, 0.1) is 11.6 Å². The second-order valence-corrected chi connectivity index (χ2v) is 8.30. The van der Waals surface area contributed by atoms with Gasteiger partial charge < -0.3 is 24.8 Å². The van der Waals surface area contributed by atoms with Crippen LogP contribution in [0.1, 0.15) is 25.3 Å². The number of nitrogens with zero attached hydrogens (tertiary/aromatic N) is 1. The number of β-amino-alcohol motifs (C(OH)–C–C–N with tert-alkyl or cyclic N) is 1. The van der Waals surface area contributed by atoms with Crippen LogP contribution in [-0.4, -0.2) is 53.9 Å². The fraction of sp³-hybridized carbons (Fsp3) is 0.435. The van der Waals surface area contributed by atoms with Gasteiger partial charge in [0.25, 0.3) is 0 Å². The van der Waals surface area contributed by atoms with Crippen LogP contribution in [0.4, 0.5) is 14.5 Å². The van der Waals surface area contributed by atoms with Crippen molar-refractivity contribution in [3.8, 4) is 11.5 Å². The summed E-state index contributed by atoms with van der Waals surface area (Å²) in [5, 5.41) is 13.0. The van der Waals surface area contributed by atoms with Gasteiger partial charge in [-0.05, 0) is 30.3 Å². The molecule has 2 aliphatic rings. The number of likely N-dealkylation sites (tertiary alicyclic amines) is 1. The van der Waals surface area contributed by atoms with Crippen molar-refractivity contribution in [1.29, 1.82) is 0 Å². The summed E-state index contributed by atoms with van der Waals surface area (Å²) in [4.78, 5) is 13.4. The normalized spacial score (nSPS) is 18.3. The lowest BCUT2D eigenvalue weighted by atomic mass is 9.87. The first-order chi connectivity index (χ1) is 14.8. The molecule has 8 heteroatoms. The average Bonchev–Trinajstić information content (AvgIpc) is 3.06. The van der Waals surface area contributed by atoms with Crippen LogP contribution in [0.3, 0.4) is 0 Å². The third-order valence-electron chi connectivity index (χ3n) is 5.78. The Kier molecular flexibility index (Phi) is 6.11. The van der Waals surface area contributed by atoms with Crippen LogP contribution in [0.2, 0.25) is 0 Å². The second-order valence-electron chi connectivity index (χ2n) is 8.30. The quantitative estimate of drug-likeness (QED) is 0.734. The number of hydrogen-bond acceptors (Lipinski definition) is 5. The minimum Gasteiger partial charge on any atom is -0.489 e. The standard InChI is InChI=1S/C23H26F2N2O4/c1-15(28)26-20-4-2-18(25)11-22(20)30-14-19(29)13-27-8-6-23(7-9-27)12-16-10-17(24)3-5-21(16)31-23/h2-5,10-11,19,29H,6-9,12-14H2,1H3,(H,26,28)/t19-/m1/s1. The van der Waals surface area contributed by atoms with Crippen molar-refractivity contribution in [3.63, 3.8) is 0 Å². The molecule has 6 nitrogen and oxygen atoms in total. The minimum atomic E-state index is -0.779. The molecular weight excluding hydrogens is 406 g/mol. The van der Waals surface area contributed by atoms with E-state index >= 15 is 0 Å². The number of hydrogen-bond donors (Lipinski definition) is 2. The van der Waals surface area contributed by atoms with E-state index in [1.165, 1.54) is 31.2 Å². The van der Waals surface area contributed by atoms with E-state index in [2.05, 4.69) is 10.2 Å². The van der Waals surface area contributed by atoms with E-state index < -0.39 is 11.9 Å². The zero-order chi connectivity index (χ0) is 22.0. The minimum absolute atomic E-state index is 0.0289. The van der Waals surface area contributed by atoms with Gasteiger partial charge in [0.05, 0.1) is 5.69 Å². The molecule has 0 saturated carbocycles. The number of aliphatic hydroxyl groups is 1. The molecule has 2 N–H and O–H groups in total. The Hall–Kier alpha value is -2.71. The number of carbonyl (C=O) groups is 1. The summed E-state index contributed by atoms with van der Waals surface area (Å²) >= 11 is 0. The van der Waals surface area contributed by atoms with Gasteiger partial charge in [0.15, 0.2) is 0 Å². The van der Waals surface area contributed by atoms with Crippen molar-refractivity contribution < 1.29 is 28.2 Å². The van der Waals surface area contributed by atoms with Gasteiger partial charge in [-0.25, -0.2) is 8.78 Å². The lowest BCUT2D eigenvalue weighted by Crippen LogP contribution is -2.49. The van der Waals surface area contributed by atoms with Crippen molar-refractivity contribution in [2.45, 2.75) is 37.9 Å². The van der Waals surface area contributed by atoms with Crippen LogP contribution in [0.15, 0.2) is 36.4 Å². The molecule has 0 aromatic heterocycles. The number of benzene rings is 2. The average molecular weight is 432 g/mol. The summed E-state index contributed by atoms with van der Waals surface area (Å²) < 4.78 is 38.8. The van der Waals surface area contributed by atoms with Crippen molar-refractivity contribution in [2.75, 3.05) is 31.6 Å². The number of amides is 1. The van der Waals surface area contributed by atoms with Crippen molar-refractivity contribution in [3.05, 3.63) is 53.6 Å². The molecule has 1 spiro atoms. The van der Waals surface area contributed by atoms with Gasteiger partial charge in [0.2, 0.25) is 5.91 Å². The van der Waals surface area contributed by atoms with Crippen LogP contribution >= 0.6 is 0 Å². The Morgan fingerprint density at radius 1 is 1.23 bits per heavy atom. The first-order valence-electron chi connectivity index (χ1n) is 10.4. The first kappa shape index (κ1) is 21.5. The molecular formula is C23H26F2N2O4. The van der Waals surface area contributed by atoms with Gasteiger partial charge in [-0.2, -0.15) is 0 Å². The van der Waals surface area contributed by atoms with E-state index in [1.807, 2.05) is 0 Å². The van der Waals surface area contributed by atoms with Crippen LogP contribution < -0.4 is 14.8 Å². The van der Waals surface area contributed by atoms with E-state index in [4.69, 9.17) is 9.47 Å². The van der Waals surface area contributed by atoms with E-state index in [9.17, 15) is 18.7 Å². The Morgan fingerprint density at radius 2 is 1.94 bits per heavy atom. The lowest BCUT2D eigenvalue weighted by Gasteiger charge is -2.39. The number of fused-ring (bicyclic) bond motifs is 1. The molecule has 166 valence electrons. The maximum atomic E-state index is 13.6. The highest BCUT2D eigenvalue weighted by molar-refractivity contribution is 5.90. The van der Waals surface area contributed by atoms with Crippen molar-refractivity contribution >= 4 is 11.6 Å². The molecule has 1 amide bonds. The number of anilines is 1. The van der Waals surface area contributed by atoms with E-state index in [-0.39, 0.29) is 29.7 Å². The number of ether oxygens (including phenoxy) is 2. The molecule has 2 aromatic carbocycles. The molecule has 31 heavy (non-hydrogen) atoms. The largest absolute Gasteiger partial charge is 0.489 e.